The first kappa shape index (κ1) is 13.4. The number of halogens is 3. The number of hydrogen-bond acceptors (Lipinski definition) is 1. The van der Waals surface area contributed by atoms with Crippen LogP contribution in [0.3, 0.4) is 0 Å². The Labute approximate surface area is 105 Å². The van der Waals surface area contributed by atoms with E-state index in [4.69, 9.17) is 0 Å². The standard InChI is InChI=1S/C14H17F3O/c1-14(2)5-3-4-9(14)13(18)12-10(16)6-8(15)7-11(12)17/h6-7,9,13,18H,3-5H2,1-2H3. The smallest absolute Gasteiger partial charge is 0.134 e. The fourth-order valence-corrected chi connectivity index (χ4v) is 2.98. The molecule has 0 heterocycles. The van der Waals surface area contributed by atoms with Crippen molar-refractivity contribution in [3.63, 3.8) is 0 Å². The molecule has 0 bridgehead atoms. The molecule has 2 unspecified atom stereocenters. The van der Waals surface area contributed by atoms with Crippen molar-refractivity contribution in [1.29, 1.82) is 0 Å². The summed E-state index contributed by atoms with van der Waals surface area (Å²) in [5.74, 6) is -3.19. The van der Waals surface area contributed by atoms with Gasteiger partial charge < -0.3 is 5.11 Å². The third kappa shape index (κ3) is 2.26. The summed E-state index contributed by atoms with van der Waals surface area (Å²) in [4.78, 5) is 0. The Kier molecular flexibility index (Phi) is 3.41. The van der Waals surface area contributed by atoms with Gasteiger partial charge in [0.1, 0.15) is 17.5 Å². The van der Waals surface area contributed by atoms with Crippen LogP contribution in [0.5, 0.6) is 0 Å². The summed E-state index contributed by atoms with van der Waals surface area (Å²) in [7, 11) is 0. The fraction of sp³-hybridized carbons (Fsp3) is 0.571. The van der Waals surface area contributed by atoms with Crippen molar-refractivity contribution in [3.05, 3.63) is 35.1 Å². The Balaban J connectivity index is 2.37. The maximum absolute atomic E-state index is 13.6. The van der Waals surface area contributed by atoms with Gasteiger partial charge in [0.05, 0.1) is 11.7 Å². The van der Waals surface area contributed by atoms with Crippen LogP contribution in [0.1, 0.15) is 44.8 Å². The van der Waals surface area contributed by atoms with Crippen molar-refractivity contribution in [3.8, 4) is 0 Å². The van der Waals surface area contributed by atoms with Gasteiger partial charge in [-0.05, 0) is 24.2 Å². The predicted molar refractivity (Wildman–Crippen MR) is 62.4 cm³/mol. The second-order valence-corrected chi connectivity index (χ2v) is 5.72. The van der Waals surface area contributed by atoms with Crippen molar-refractivity contribution in [2.75, 3.05) is 0 Å². The molecule has 2 atom stereocenters. The first-order chi connectivity index (χ1) is 8.33. The second kappa shape index (κ2) is 4.57. The Hall–Kier alpha value is -1.03. The van der Waals surface area contributed by atoms with E-state index in [0.717, 1.165) is 19.3 Å². The van der Waals surface area contributed by atoms with Gasteiger partial charge in [-0.15, -0.1) is 0 Å². The Morgan fingerprint density at radius 1 is 1.22 bits per heavy atom. The number of aliphatic hydroxyl groups excluding tert-OH is 1. The van der Waals surface area contributed by atoms with Gasteiger partial charge in [-0.1, -0.05) is 20.3 Å². The van der Waals surface area contributed by atoms with Gasteiger partial charge in [-0.2, -0.15) is 0 Å². The average Bonchev–Trinajstić information content (AvgIpc) is 2.56. The van der Waals surface area contributed by atoms with Crippen LogP contribution in [-0.4, -0.2) is 5.11 Å². The lowest BCUT2D eigenvalue weighted by molar-refractivity contribution is 0.0475. The summed E-state index contributed by atoms with van der Waals surface area (Å²) < 4.78 is 40.1. The molecule has 1 aliphatic rings. The molecule has 0 saturated heterocycles. The summed E-state index contributed by atoms with van der Waals surface area (Å²) >= 11 is 0. The van der Waals surface area contributed by atoms with Crippen LogP contribution < -0.4 is 0 Å². The zero-order chi connectivity index (χ0) is 13.5. The first-order valence-electron chi connectivity index (χ1n) is 6.15. The number of benzene rings is 1. The summed E-state index contributed by atoms with van der Waals surface area (Å²) in [5.41, 5.74) is -0.566. The molecule has 0 radical (unpaired) electrons. The Morgan fingerprint density at radius 3 is 2.22 bits per heavy atom. The van der Waals surface area contributed by atoms with E-state index in [1.54, 1.807) is 0 Å². The largest absolute Gasteiger partial charge is 0.388 e. The number of aliphatic hydroxyl groups is 1. The lowest BCUT2D eigenvalue weighted by atomic mass is 9.76. The molecule has 1 saturated carbocycles. The highest BCUT2D eigenvalue weighted by Gasteiger charge is 2.41. The van der Waals surface area contributed by atoms with Crippen molar-refractivity contribution < 1.29 is 18.3 Å². The zero-order valence-electron chi connectivity index (χ0n) is 10.5. The molecule has 1 fully saturated rings. The van der Waals surface area contributed by atoms with Crippen LogP contribution in [0.15, 0.2) is 12.1 Å². The lowest BCUT2D eigenvalue weighted by Crippen LogP contribution is -2.25. The van der Waals surface area contributed by atoms with Crippen molar-refractivity contribution >= 4 is 0 Å². The zero-order valence-corrected chi connectivity index (χ0v) is 10.5. The minimum Gasteiger partial charge on any atom is -0.388 e. The molecule has 100 valence electrons. The maximum Gasteiger partial charge on any atom is 0.134 e. The van der Waals surface area contributed by atoms with Crippen molar-refractivity contribution in [1.82, 2.24) is 0 Å². The molecule has 0 aromatic heterocycles. The normalized spacial score (nSPS) is 24.2. The van der Waals surface area contributed by atoms with E-state index >= 15 is 0 Å². The van der Waals surface area contributed by atoms with Gasteiger partial charge in [0.15, 0.2) is 0 Å². The van der Waals surface area contributed by atoms with E-state index in [1.165, 1.54) is 0 Å². The molecule has 0 spiro atoms. The second-order valence-electron chi connectivity index (χ2n) is 5.72. The van der Waals surface area contributed by atoms with E-state index in [1.807, 2.05) is 13.8 Å². The lowest BCUT2D eigenvalue weighted by Gasteiger charge is -2.31. The SMILES string of the molecule is CC1(C)CCCC1C(O)c1c(F)cc(F)cc1F. The van der Waals surface area contributed by atoms with Gasteiger partial charge in [0, 0.05) is 12.1 Å². The third-order valence-electron chi connectivity index (χ3n) is 4.06. The highest BCUT2D eigenvalue weighted by Crippen LogP contribution is 2.49. The number of hydrogen-bond donors (Lipinski definition) is 1. The molecule has 1 aliphatic carbocycles. The molecular formula is C14H17F3O. The Morgan fingerprint density at radius 2 is 1.78 bits per heavy atom. The molecule has 4 heteroatoms. The molecular weight excluding hydrogens is 241 g/mol. The van der Waals surface area contributed by atoms with Gasteiger partial charge in [0.2, 0.25) is 0 Å². The van der Waals surface area contributed by atoms with Crippen LogP contribution in [0.2, 0.25) is 0 Å². The topological polar surface area (TPSA) is 20.2 Å². The molecule has 0 aliphatic heterocycles. The third-order valence-corrected chi connectivity index (χ3v) is 4.06. The van der Waals surface area contributed by atoms with Gasteiger partial charge in [-0.25, -0.2) is 13.2 Å². The van der Waals surface area contributed by atoms with E-state index in [0.29, 0.717) is 12.1 Å². The molecule has 0 amide bonds. The molecule has 18 heavy (non-hydrogen) atoms. The summed E-state index contributed by atoms with van der Waals surface area (Å²) in [6.45, 7) is 3.96. The van der Waals surface area contributed by atoms with Gasteiger partial charge in [-0.3, -0.25) is 0 Å². The summed E-state index contributed by atoms with van der Waals surface area (Å²) in [6.07, 6.45) is 1.35. The fourth-order valence-electron chi connectivity index (χ4n) is 2.98. The van der Waals surface area contributed by atoms with Crippen LogP contribution in [0.25, 0.3) is 0 Å². The summed E-state index contributed by atoms with van der Waals surface area (Å²) in [6, 6.07) is 1.23. The van der Waals surface area contributed by atoms with E-state index < -0.39 is 29.1 Å². The van der Waals surface area contributed by atoms with E-state index in [-0.39, 0.29) is 11.3 Å². The quantitative estimate of drug-likeness (QED) is 0.851. The highest BCUT2D eigenvalue weighted by atomic mass is 19.1. The van der Waals surface area contributed by atoms with Crippen LogP contribution in [0, 0.1) is 28.8 Å². The maximum atomic E-state index is 13.6. The minimum atomic E-state index is -1.22. The van der Waals surface area contributed by atoms with Gasteiger partial charge in [0.25, 0.3) is 0 Å². The molecule has 1 aromatic carbocycles. The molecule has 1 N–H and O–H groups in total. The Bertz CT molecular complexity index is 433. The monoisotopic (exact) mass is 258 g/mol. The average molecular weight is 258 g/mol. The molecule has 2 rings (SSSR count). The number of rotatable bonds is 2. The van der Waals surface area contributed by atoms with Crippen LogP contribution in [-0.2, 0) is 0 Å². The van der Waals surface area contributed by atoms with E-state index in [2.05, 4.69) is 0 Å². The van der Waals surface area contributed by atoms with Crippen molar-refractivity contribution in [2.24, 2.45) is 11.3 Å². The van der Waals surface area contributed by atoms with E-state index in [9.17, 15) is 18.3 Å². The van der Waals surface area contributed by atoms with Crippen LogP contribution in [0.4, 0.5) is 13.2 Å². The van der Waals surface area contributed by atoms with Crippen molar-refractivity contribution in [2.45, 2.75) is 39.2 Å². The summed E-state index contributed by atoms with van der Waals surface area (Å²) in [5, 5.41) is 10.2. The van der Waals surface area contributed by atoms with Gasteiger partial charge >= 0.3 is 0 Å². The molecule has 1 aromatic rings. The highest BCUT2D eigenvalue weighted by molar-refractivity contribution is 5.24. The predicted octanol–water partition coefficient (Wildman–Crippen LogP) is 3.96. The van der Waals surface area contributed by atoms with Crippen LogP contribution >= 0.6 is 0 Å². The minimum absolute atomic E-state index is 0.160. The first-order valence-corrected chi connectivity index (χ1v) is 6.15. The molecule has 1 nitrogen and oxygen atoms in total.